The van der Waals surface area contributed by atoms with E-state index in [4.69, 9.17) is 14.8 Å². The minimum absolute atomic E-state index is 0.126. The Labute approximate surface area is 165 Å². The van der Waals surface area contributed by atoms with Gasteiger partial charge in [-0.3, -0.25) is 9.59 Å². The number of carboxylic acids is 1. The molecule has 0 fully saturated rings. The van der Waals surface area contributed by atoms with Crippen molar-refractivity contribution in [3.63, 3.8) is 0 Å². The van der Waals surface area contributed by atoms with Crippen LogP contribution in [0.5, 0.6) is 5.75 Å². The Kier molecular flexibility index (Phi) is 5.74. The Morgan fingerprint density at radius 3 is 2.69 bits per heavy atom. The molecule has 148 valence electrons. The standard InChI is InChI=1S/C20H16FN3O5/c21-13-5-7-14(8-6-13)23-19(27)20(12-18(25)26)11-16(24-29-20)15-3-1-2-4-17(15)28-10-9-22/h1-8H,10-12H2,(H,23,27)(H,25,26). The molecule has 1 heterocycles. The van der Waals surface area contributed by atoms with Crippen molar-refractivity contribution in [2.45, 2.75) is 18.4 Å². The molecule has 0 saturated carbocycles. The number of oxime groups is 1. The zero-order valence-corrected chi connectivity index (χ0v) is 15.1. The van der Waals surface area contributed by atoms with Crippen LogP contribution in [-0.4, -0.2) is 34.9 Å². The van der Waals surface area contributed by atoms with Gasteiger partial charge in [0, 0.05) is 17.7 Å². The number of carboxylic acid groups (broad SMARTS) is 1. The van der Waals surface area contributed by atoms with Gasteiger partial charge >= 0.3 is 5.97 Å². The van der Waals surface area contributed by atoms with Gasteiger partial charge in [-0.25, -0.2) is 4.39 Å². The van der Waals surface area contributed by atoms with Crippen LogP contribution < -0.4 is 10.1 Å². The molecule has 0 aromatic heterocycles. The lowest BCUT2D eigenvalue weighted by Gasteiger charge is -2.23. The fourth-order valence-corrected chi connectivity index (χ4v) is 2.88. The number of hydrogen-bond acceptors (Lipinski definition) is 6. The van der Waals surface area contributed by atoms with Crippen LogP contribution in [0.2, 0.25) is 0 Å². The van der Waals surface area contributed by atoms with E-state index >= 15 is 0 Å². The highest BCUT2D eigenvalue weighted by molar-refractivity contribution is 6.10. The first-order chi connectivity index (χ1) is 13.9. The van der Waals surface area contributed by atoms with E-state index in [9.17, 15) is 19.1 Å². The van der Waals surface area contributed by atoms with E-state index in [-0.39, 0.29) is 18.7 Å². The summed E-state index contributed by atoms with van der Waals surface area (Å²) >= 11 is 0. The zero-order chi connectivity index (χ0) is 20.9. The van der Waals surface area contributed by atoms with Gasteiger partial charge in [-0.2, -0.15) is 5.26 Å². The molecular weight excluding hydrogens is 381 g/mol. The van der Waals surface area contributed by atoms with Crippen molar-refractivity contribution in [1.29, 1.82) is 5.26 Å². The lowest BCUT2D eigenvalue weighted by atomic mass is 9.89. The van der Waals surface area contributed by atoms with Crippen molar-refractivity contribution in [3.05, 3.63) is 59.9 Å². The van der Waals surface area contributed by atoms with E-state index in [0.717, 1.165) is 0 Å². The second-order valence-corrected chi connectivity index (χ2v) is 6.27. The Bertz CT molecular complexity index is 1000. The first-order valence-corrected chi connectivity index (χ1v) is 8.56. The zero-order valence-electron chi connectivity index (χ0n) is 15.1. The van der Waals surface area contributed by atoms with Crippen molar-refractivity contribution in [2.24, 2.45) is 5.16 Å². The number of aliphatic carboxylic acids is 1. The van der Waals surface area contributed by atoms with E-state index < -0.39 is 29.7 Å². The Morgan fingerprint density at radius 1 is 1.28 bits per heavy atom. The molecule has 1 amide bonds. The summed E-state index contributed by atoms with van der Waals surface area (Å²) in [5.41, 5.74) is -0.688. The number of nitriles is 1. The first kappa shape index (κ1) is 19.8. The Hall–Kier alpha value is -3.93. The maximum absolute atomic E-state index is 13.1. The van der Waals surface area contributed by atoms with Gasteiger partial charge in [0.05, 0.1) is 12.1 Å². The molecule has 2 aromatic carbocycles. The Morgan fingerprint density at radius 2 is 2.00 bits per heavy atom. The molecule has 1 atom stereocenters. The molecule has 1 aliphatic heterocycles. The molecule has 9 heteroatoms. The minimum Gasteiger partial charge on any atom is -0.481 e. The SMILES string of the molecule is N#CCOc1ccccc1C1=NOC(CC(=O)O)(C(=O)Nc2ccc(F)cc2)C1. The average Bonchev–Trinajstić information content (AvgIpc) is 3.13. The predicted octanol–water partition coefficient (Wildman–Crippen LogP) is 2.70. The number of nitrogens with one attached hydrogen (secondary N) is 1. The van der Waals surface area contributed by atoms with Gasteiger partial charge in [0.25, 0.3) is 5.91 Å². The summed E-state index contributed by atoms with van der Waals surface area (Å²) in [5, 5.41) is 24.5. The van der Waals surface area contributed by atoms with Crippen molar-refractivity contribution in [2.75, 3.05) is 11.9 Å². The normalized spacial score (nSPS) is 17.6. The van der Waals surface area contributed by atoms with Crippen LogP contribution in [0.4, 0.5) is 10.1 Å². The van der Waals surface area contributed by atoms with Gasteiger partial charge < -0.3 is 20.0 Å². The van der Waals surface area contributed by atoms with Gasteiger partial charge in [0.15, 0.2) is 6.61 Å². The number of carbonyl (C=O) groups excluding carboxylic acids is 1. The van der Waals surface area contributed by atoms with Crippen molar-refractivity contribution in [3.8, 4) is 11.8 Å². The van der Waals surface area contributed by atoms with E-state index in [2.05, 4.69) is 10.5 Å². The molecule has 2 N–H and O–H groups in total. The van der Waals surface area contributed by atoms with Gasteiger partial charge in [0.1, 0.15) is 17.6 Å². The summed E-state index contributed by atoms with van der Waals surface area (Å²) in [6.45, 7) is -0.184. The predicted molar refractivity (Wildman–Crippen MR) is 99.8 cm³/mol. The van der Waals surface area contributed by atoms with Crippen LogP contribution in [0.15, 0.2) is 53.7 Å². The van der Waals surface area contributed by atoms with Crippen LogP contribution in [0, 0.1) is 17.1 Å². The molecule has 8 nitrogen and oxygen atoms in total. The van der Waals surface area contributed by atoms with Gasteiger partial charge in [0.2, 0.25) is 5.60 Å². The third kappa shape index (κ3) is 4.50. The van der Waals surface area contributed by atoms with Crippen molar-refractivity contribution in [1.82, 2.24) is 0 Å². The average molecular weight is 397 g/mol. The quantitative estimate of drug-likeness (QED) is 0.741. The molecule has 0 spiro atoms. The highest BCUT2D eigenvalue weighted by Crippen LogP contribution is 2.34. The maximum Gasteiger partial charge on any atom is 0.308 e. The first-order valence-electron chi connectivity index (χ1n) is 8.56. The third-order valence-corrected chi connectivity index (χ3v) is 4.23. The lowest BCUT2D eigenvalue weighted by molar-refractivity contribution is -0.152. The highest BCUT2D eigenvalue weighted by atomic mass is 19.1. The smallest absolute Gasteiger partial charge is 0.308 e. The number of halogens is 1. The van der Waals surface area contributed by atoms with E-state index in [1.807, 2.05) is 6.07 Å². The topological polar surface area (TPSA) is 121 Å². The summed E-state index contributed by atoms with van der Waals surface area (Å²) in [6.07, 6.45) is -0.756. The fraction of sp³-hybridized carbons (Fsp3) is 0.200. The highest BCUT2D eigenvalue weighted by Gasteiger charge is 2.49. The van der Waals surface area contributed by atoms with E-state index in [0.29, 0.717) is 17.0 Å². The number of ether oxygens (including phenoxy) is 1. The molecule has 0 bridgehead atoms. The summed E-state index contributed by atoms with van der Waals surface area (Å²) in [5.74, 6) is -2.08. The maximum atomic E-state index is 13.1. The number of rotatable bonds is 7. The summed E-state index contributed by atoms with van der Waals surface area (Å²) in [6, 6.07) is 13.6. The summed E-state index contributed by atoms with van der Waals surface area (Å²) in [4.78, 5) is 29.6. The molecule has 1 aliphatic rings. The number of nitrogens with zero attached hydrogens (tertiary/aromatic N) is 2. The molecule has 0 aliphatic carbocycles. The molecule has 0 radical (unpaired) electrons. The molecule has 29 heavy (non-hydrogen) atoms. The molecule has 2 aromatic rings. The summed E-state index contributed by atoms with van der Waals surface area (Å²) < 4.78 is 18.4. The van der Waals surface area contributed by atoms with Gasteiger partial charge in [-0.05, 0) is 36.4 Å². The lowest BCUT2D eigenvalue weighted by Crippen LogP contribution is -2.45. The molecular formula is C20H16FN3O5. The van der Waals surface area contributed by atoms with Crippen molar-refractivity contribution < 1.29 is 28.7 Å². The fourth-order valence-electron chi connectivity index (χ4n) is 2.88. The number of anilines is 1. The van der Waals surface area contributed by atoms with Crippen LogP contribution in [0.25, 0.3) is 0 Å². The second-order valence-electron chi connectivity index (χ2n) is 6.27. The molecule has 1 unspecified atom stereocenters. The number of hydrogen-bond donors (Lipinski definition) is 2. The molecule has 0 saturated heterocycles. The second kappa shape index (κ2) is 8.39. The van der Waals surface area contributed by atoms with Gasteiger partial charge in [-0.15, -0.1) is 0 Å². The Balaban J connectivity index is 1.84. The van der Waals surface area contributed by atoms with Crippen molar-refractivity contribution >= 4 is 23.3 Å². The summed E-state index contributed by atoms with van der Waals surface area (Å²) in [7, 11) is 0. The number of amides is 1. The van der Waals surface area contributed by atoms with Gasteiger partial charge in [-0.1, -0.05) is 17.3 Å². The van der Waals surface area contributed by atoms with Crippen LogP contribution in [0.3, 0.4) is 0 Å². The number of benzene rings is 2. The largest absolute Gasteiger partial charge is 0.481 e. The molecule has 3 rings (SSSR count). The van der Waals surface area contributed by atoms with Crippen LogP contribution in [0.1, 0.15) is 18.4 Å². The van der Waals surface area contributed by atoms with E-state index in [1.165, 1.54) is 24.3 Å². The minimum atomic E-state index is -1.78. The van der Waals surface area contributed by atoms with Crippen LogP contribution >= 0.6 is 0 Å². The number of para-hydroxylation sites is 1. The number of carbonyl (C=O) groups is 2. The monoisotopic (exact) mass is 397 g/mol. The van der Waals surface area contributed by atoms with Crippen LogP contribution in [-0.2, 0) is 14.4 Å². The van der Waals surface area contributed by atoms with E-state index in [1.54, 1.807) is 24.3 Å². The third-order valence-electron chi connectivity index (χ3n) is 4.23.